The largest absolute Gasteiger partial charge is 0.485 e. The second-order valence-corrected chi connectivity index (χ2v) is 7.29. The molecule has 146 valence electrons. The molecular weight excluding hydrogens is 372 g/mol. The lowest BCUT2D eigenvalue weighted by molar-refractivity contribution is -0.113. The van der Waals surface area contributed by atoms with E-state index >= 15 is 0 Å². The Labute approximate surface area is 169 Å². The third kappa shape index (κ3) is 4.92. The highest BCUT2D eigenvalue weighted by Gasteiger charge is 2.14. The summed E-state index contributed by atoms with van der Waals surface area (Å²) in [4.78, 5) is 12.3. The number of thioether (sulfide) groups is 1. The van der Waals surface area contributed by atoms with Crippen LogP contribution in [0.3, 0.4) is 0 Å². The SMILES string of the molecule is CCn1c(COc2ccccc2C)nnc1SCC(=O)Nc1ccccc1C. The number of aryl methyl sites for hydroxylation is 2. The van der Waals surface area contributed by atoms with Crippen LogP contribution in [0, 0.1) is 13.8 Å². The van der Waals surface area contributed by atoms with E-state index < -0.39 is 0 Å². The summed E-state index contributed by atoms with van der Waals surface area (Å²) in [5.74, 6) is 1.78. The van der Waals surface area contributed by atoms with Gasteiger partial charge in [0.15, 0.2) is 11.0 Å². The Balaban J connectivity index is 1.59. The molecule has 3 rings (SSSR count). The van der Waals surface area contributed by atoms with E-state index in [0.29, 0.717) is 18.3 Å². The normalized spacial score (nSPS) is 10.7. The summed E-state index contributed by atoms with van der Waals surface area (Å²) in [5, 5.41) is 12.1. The summed E-state index contributed by atoms with van der Waals surface area (Å²) in [6.45, 7) is 7.05. The van der Waals surface area contributed by atoms with Crippen molar-refractivity contribution in [3.63, 3.8) is 0 Å². The first kappa shape index (κ1) is 19.9. The molecule has 6 nitrogen and oxygen atoms in total. The van der Waals surface area contributed by atoms with Gasteiger partial charge in [0.05, 0.1) is 5.75 Å². The van der Waals surface area contributed by atoms with Gasteiger partial charge in [-0.15, -0.1) is 10.2 Å². The van der Waals surface area contributed by atoms with E-state index in [1.165, 1.54) is 11.8 Å². The number of hydrogen-bond donors (Lipinski definition) is 1. The number of nitrogens with zero attached hydrogens (tertiary/aromatic N) is 3. The Hall–Kier alpha value is -2.80. The number of hydrogen-bond acceptors (Lipinski definition) is 5. The van der Waals surface area contributed by atoms with E-state index in [0.717, 1.165) is 28.4 Å². The maximum Gasteiger partial charge on any atom is 0.234 e. The van der Waals surface area contributed by atoms with Gasteiger partial charge in [-0.3, -0.25) is 4.79 Å². The van der Waals surface area contributed by atoms with Crippen molar-refractivity contribution in [3.8, 4) is 5.75 Å². The van der Waals surface area contributed by atoms with Crippen LogP contribution in [0.5, 0.6) is 5.75 Å². The van der Waals surface area contributed by atoms with E-state index in [1.54, 1.807) is 0 Å². The van der Waals surface area contributed by atoms with Crippen molar-refractivity contribution in [1.82, 2.24) is 14.8 Å². The highest BCUT2D eigenvalue weighted by atomic mass is 32.2. The number of carbonyl (C=O) groups excluding carboxylic acids is 1. The lowest BCUT2D eigenvalue weighted by atomic mass is 10.2. The number of rotatable bonds is 8. The summed E-state index contributed by atoms with van der Waals surface area (Å²) >= 11 is 1.37. The molecule has 0 radical (unpaired) electrons. The number of anilines is 1. The monoisotopic (exact) mass is 396 g/mol. The Kier molecular flexibility index (Phi) is 6.71. The fourth-order valence-electron chi connectivity index (χ4n) is 2.74. The van der Waals surface area contributed by atoms with E-state index in [9.17, 15) is 4.79 Å². The Bertz CT molecular complexity index is 955. The van der Waals surface area contributed by atoms with Gasteiger partial charge < -0.3 is 14.6 Å². The lowest BCUT2D eigenvalue weighted by Crippen LogP contribution is -2.15. The van der Waals surface area contributed by atoms with Gasteiger partial charge in [0.1, 0.15) is 12.4 Å². The predicted molar refractivity (Wildman–Crippen MR) is 112 cm³/mol. The van der Waals surface area contributed by atoms with Crippen LogP contribution < -0.4 is 10.1 Å². The van der Waals surface area contributed by atoms with Crippen molar-refractivity contribution in [3.05, 3.63) is 65.5 Å². The average molecular weight is 397 g/mol. The zero-order valence-electron chi connectivity index (χ0n) is 16.3. The number of aromatic nitrogens is 3. The van der Waals surface area contributed by atoms with Gasteiger partial charge in [0.2, 0.25) is 5.91 Å². The quantitative estimate of drug-likeness (QED) is 0.577. The molecule has 0 unspecified atom stereocenters. The first-order chi connectivity index (χ1) is 13.6. The molecule has 0 saturated heterocycles. The summed E-state index contributed by atoms with van der Waals surface area (Å²) < 4.78 is 7.86. The van der Waals surface area contributed by atoms with Crippen LogP contribution in [0.2, 0.25) is 0 Å². The zero-order chi connectivity index (χ0) is 19.9. The Morgan fingerprint density at radius 3 is 2.50 bits per heavy atom. The molecule has 0 fully saturated rings. The van der Waals surface area contributed by atoms with Crippen molar-refractivity contribution in [2.75, 3.05) is 11.1 Å². The molecule has 28 heavy (non-hydrogen) atoms. The smallest absolute Gasteiger partial charge is 0.234 e. The molecule has 0 bridgehead atoms. The summed E-state index contributed by atoms with van der Waals surface area (Å²) in [6, 6.07) is 15.6. The van der Waals surface area contributed by atoms with Gasteiger partial charge >= 0.3 is 0 Å². The fraction of sp³-hybridized carbons (Fsp3) is 0.286. The van der Waals surface area contributed by atoms with Gasteiger partial charge in [-0.25, -0.2) is 0 Å². The number of amides is 1. The van der Waals surface area contributed by atoms with Crippen molar-refractivity contribution in [1.29, 1.82) is 0 Å². The van der Waals surface area contributed by atoms with Crippen molar-refractivity contribution < 1.29 is 9.53 Å². The third-order valence-corrected chi connectivity index (χ3v) is 5.28. The zero-order valence-corrected chi connectivity index (χ0v) is 17.1. The van der Waals surface area contributed by atoms with Gasteiger partial charge in [-0.2, -0.15) is 0 Å². The van der Waals surface area contributed by atoms with Crippen LogP contribution in [0.1, 0.15) is 23.9 Å². The predicted octanol–water partition coefficient (Wildman–Crippen LogP) is 4.22. The fourth-order valence-corrected chi connectivity index (χ4v) is 3.56. The highest BCUT2D eigenvalue weighted by molar-refractivity contribution is 7.99. The maximum absolute atomic E-state index is 12.3. The van der Waals surface area contributed by atoms with E-state index in [2.05, 4.69) is 15.5 Å². The average Bonchev–Trinajstić information content (AvgIpc) is 3.09. The number of nitrogens with one attached hydrogen (secondary N) is 1. The van der Waals surface area contributed by atoms with Crippen LogP contribution in [-0.2, 0) is 17.9 Å². The van der Waals surface area contributed by atoms with Crippen molar-refractivity contribution in [2.24, 2.45) is 0 Å². The molecule has 0 atom stereocenters. The number of carbonyl (C=O) groups is 1. The van der Waals surface area contributed by atoms with Crippen LogP contribution in [0.4, 0.5) is 5.69 Å². The topological polar surface area (TPSA) is 69.0 Å². The van der Waals surface area contributed by atoms with Gasteiger partial charge in [0.25, 0.3) is 0 Å². The standard InChI is InChI=1S/C21H24N4O2S/c1-4-25-19(13-27-18-12-8-6-10-16(18)3)23-24-21(25)28-14-20(26)22-17-11-7-5-9-15(17)2/h5-12H,4,13-14H2,1-3H3,(H,22,26). The van der Waals surface area contributed by atoms with E-state index in [1.807, 2.05) is 73.9 Å². The molecule has 0 spiro atoms. The second-order valence-electron chi connectivity index (χ2n) is 6.35. The number of para-hydroxylation sites is 2. The molecule has 0 aliphatic carbocycles. The summed E-state index contributed by atoms with van der Waals surface area (Å²) in [5.41, 5.74) is 2.94. The van der Waals surface area contributed by atoms with Crippen LogP contribution in [0.25, 0.3) is 0 Å². The Morgan fingerprint density at radius 2 is 1.79 bits per heavy atom. The highest BCUT2D eigenvalue weighted by Crippen LogP contribution is 2.21. The van der Waals surface area contributed by atoms with Gasteiger partial charge in [-0.05, 0) is 44.0 Å². The second kappa shape index (κ2) is 9.41. The molecule has 7 heteroatoms. The number of ether oxygens (including phenoxy) is 1. The van der Waals surface area contributed by atoms with Crippen LogP contribution in [-0.4, -0.2) is 26.4 Å². The first-order valence-corrected chi connectivity index (χ1v) is 10.2. The van der Waals surface area contributed by atoms with Crippen molar-refractivity contribution in [2.45, 2.75) is 39.1 Å². The minimum atomic E-state index is -0.0670. The molecule has 1 amide bonds. The first-order valence-electron chi connectivity index (χ1n) is 9.17. The van der Waals surface area contributed by atoms with Crippen LogP contribution >= 0.6 is 11.8 Å². The van der Waals surface area contributed by atoms with Gasteiger partial charge in [-0.1, -0.05) is 48.2 Å². The third-order valence-electron chi connectivity index (χ3n) is 4.31. The molecule has 3 aromatic rings. The maximum atomic E-state index is 12.3. The molecular formula is C21H24N4O2S. The summed E-state index contributed by atoms with van der Waals surface area (Å²) in [6.07, 6.45) is 0. The minimum absolute atomic E-state index is 0.0670. The number of benzene rings is 2. The van der Waals surface area contributed by atoms with Crippen molar-refractivity contribution >= 4 is 23.4 Å². The molecule has 0 saturated carbocycles. The summed E-state index contributed by atoms with van der Waals surface area (Å²) in [7, 11) is 0. The molecule has 1 aromatic heterocycles. The molecule has 0 aliphatic rings. The van der Waals surface area contributed by atoms with Crippen LogP contribution in [0.15, 0.2) is 53.7 Å². The molecule has 0 aliphatic heterocycles. The lowest BCUT2D eigenvalue weighted by Gasteiger charge is -2.10. The van der Waals surface area contributed by atoms with E-state index in [-0.39, 0.29) is 11.7 Å². The minimum Gasteiger partial charge on any atom is -0.485 e. The molecule has 2 aromatic carbocycles. The molecule has 1 heterocycles. The van der Waals surface area contributed by atoms with Gasteiger partial charge in [0, 0.05) is 12.2 Å². The Morgan fingerprint density at radius 1 is 1.07 bits per heavy atom. The molecule has 1 N–H and O–H groups in total. The van der Waals surface area contributed by atoms with E-state index in [4.69, 9.17) is 4.74 Å².